The summed E-state index contributed by atoms with van der Waals surface area (Å²) >= 11 is 15.3. The van der Waals surface area contributed by atoms with Crippen LogP contribution in [0.4, 0.5) is 20.6 Å². The lowest BCUT2D eigenvalue weighted by atomic mass is 10.1. The molecule has 0 aliphatic carbocycles. The van der Waals surface area contributed by atoms with E-state index in [1.54, 1.807) is 30.3 Å². The topological polar surface area (TPSA) is 74.8 Å². The number of urea groups is 1. The molecule has 172 valence electrons. The molecule has 3 N–H and O–H groups in total. The Kier molecular flexibility index (Phi) is 11.9. The second-order valence-electron chi connectivity index (χ2n) is 6.99. The zero-order valence-corrected chi connectivity index (χ0v) is 19.9. The molecule has 2 aromatic carbocycles. The number of unbranched alkanes of at least 4 members (excludes halogenated alkanes) is 5. The van der Waals surface area contributed by atoms with Gasteiger partial charge in [0.15, 0.2) is 5.11 Å². The third kappa shape index (κ3) is 9.84. The predicted octanol–water partition coefficient (Wildman–Crippen LogP) is 6.45. The molecule has 0 aromatic heterocycles. The Labute approximate surface area is 203 Å². The van der Waals surface area contributed by atoms with Crippen LogP contribution in [0.2, 0.25) is 5.02 Å². The molecule has 2 amide bonds. The standard InChI is InChI=1S/C22H26ClFN4O2S2/c23-16-11-12-18(17(24)15-16)27-22(31)25-13-7-3-1-2-4-8-14-30-20-10-6-5-9-19(20)26-21(29)28-32/h5-6,9-12,15H,1-4,7-8,13-14H2,(H,26,29)(H2,25,27,31). The van der Waals surface area contributed by atoms with Crippen LogP contribution >= 0.6 is 23.8 Å². The van der Waals surface area contributed by atoms with Gasteiger partial charge in [0.25, 0.3) is 0 Å². The minimum Gasteiger partial charge on any atom is -0.491 e. The molecule has 0 aliphatic heterocycles. The van der Waals surface area contributed by atoms with Crippen LogP contribution in [0.3, 0.4) is 0 Å². The number of nitrogens with zero attached hydrogens (tertiary/aromatic N) is 1. The number of carbonyl (C=O) groups is 1. The number of ether oxygens (including phenoxy) is 1. The number of carbonyl (C=O) groups excluding carboxylic acids is 1. The first-order valence-electron chi connectivity index (χ1n) is 10.4. The molecule has 0 radical (unpaired) electrons. The molecule has 0 bridgehead atoms. The van der Waals surface area contributed by atoms with Gasteiger partial charge in [-0.3, -0.25) is 0 Å². The van der Waals surface area contributed by atoms with Crippen LogP contribution in [0.1, 0.15) is 38.5 Å². The van der Waals surface area contributed by atoms with Gasteiger partial charge in [-0.15, -0.1) is 4.36 Å². The Morgan fingerprint density at radius 2 is 1.72 bits per heavy atom. The zero-order chi connectivity index (χ0) is 23.2. The van der Waals surface area contributed by atoms with Crippen molar-refractivity contribution in [3.8, 4) is 5.75 Å². The molecule has 10 heteroatoms. The number of hydrogen-bond acceptors (Lipinski definition) is 4. The number of hydrogen-bond donors (Lipinski definition) is 3. The zero-order valence-electron chi connectivity index (χ0n) is 17.5. The Morgan fingerprint density at radius 1 is 1.00 bits per heavy atom. The smallest absolute Gasteiger partial charge is 0.356 e. The highest BCUT2D eigenvalue weighted by Crippen LogP contribution is 2.24. The number of amides is 2. The van der Waals surface area contributed by atoms with Crippen LogP contribution in [-0.2, 0) is 12.4 Å². The van der Waals surface area contributed by atoms with Crippen LogP contribution in [0.5, 0.6) is 5.75 Å². The van der Waals surface area contributed by atoms with Gasteiger partial charge < -0.3 is 20.7 Å². The van der Waals surface area contributed by atoms with E-state index in [0.29, 0.717) is 33.9 Å². The molecule has 0 unspecified atom stereocenters. The Balaban J connectivity index is 1.50. The fraction of sp³-hybridized carbons (Fsp3) is 0.364. The molecule has 2 aromatic rings. The van der Waals surface area contributed by atoms with E-state index in [1.165, 1.54) is 6.07 Å². The normalized spacial score (nSPS) is 10.3. The van der Waals surface area contributed by atoms with Crippen molar-refractivity contribution in [3.63, 3.8) is 0 Å². The fourth-order valence-corrected chi connectivity index (χ4v) is 3.33. The summed E-state index contributed by atoms with van der Waals surface area (Å²) in [6.45, 7) is 1.30. The maximum absolute atomic E-state index is 13.7. The van der Waals surface area contributed by atoms with E-state index in [1.807, 2.05) is 6.07 Å². The molecule has 0 atom stereocenters. The molecule has 2 rings (SSSR count). The minimum atomic E-state index is -0.584. The molecule has 0 heterocycles. The molecule has 0 aliphatic rings. The van der Waals surface area contributed by atoms with E-state index in [4.69, 9.17) is 28.6 Å². The first-order chi connectivity index (χ1) is 15.5. The molecule has 0 spiro atoms. The molecular weight excluding hydrogens is 471 g/mol. The number of rotatable bonds is 12. The van der Waals surface area contributed by atoms with Gasteiger partial charge in [0.1, 0.15) is 11.6 Å². The molecule has 0 saturated heterocycles. The fourth-order valence-electron chi connectivity index (χ4n) is 2.91. The molecule has 32 heavy (non-hydrogen) atoms. The molecule has 0 saturated carbocycles. The van der Waals surface area contributed by atoms with Crippen LogP contribution in [0.15, 0.2) is 46.8 Å². The van der Waals surface area contributed by atoms with Gasteiger partial charge in [0.2, 0.25) is 0 Å². The number of nitrogens with one attached hydrogen (secondary N) is 3. The van der Waals surface area contributed by atoms with Crippen molar-refractivity contribution >= 4 is 58.8 Å². The average molecular weight is 497 g/mol. The van der Waals surface area contributed by atoms with Gasteiger partial charge >= 0.3 is 6.03 Å². The van der Waals surface area contributed by atoms with Crippen LogP contribution in [0.25, 0.3) is 0 Å². The maximum Gasteiger partial charge on any atom is 0.356 e. The summed E-state index contributed by atoms with van der Waals surface area (Å²) in [4.78, 5) is 11.3. The molecule has 0 fully saturated rings. The van der Waals surface area contributed by atoms with Crippen molar-refractivity contribution in [2.45, 2.75) is 38.5 Å². The van der Waals surface area contributed by atoms with E-state index in [-0.39, 0.29) is 0 Å². The second-order valence-corrected chi connectivity index (χ2v) is 8.02. The van der Waals surface area contributed by atoms with E-state index >= 15 is 0 Å². The second kappa shape index (κ2) is 14.7. The quantitative estimate of drug-likeness (QED) is 0.232. The number of anilines is 2. The summed E-state index contributed by atoms with van der Waals surface area (Å²) in [7, 11) is 0. The molecular formula is C22H26ClFN4O2S2. The van der Waals surface area contributed by atoms with Crippen molar-refractivity contribution in [2.75, 3.05) is 23.8 Å². The van der Waals surface area contributed by atoms with Crippen molar-refractivity contribution in [1.29, 1.82) is 0 Å². The van der Waals surface area contributed by atoms with Gasteiger partial charge in [-0.05, 0) is 55.4 Å². The summed E-state index contributed by atoms with van der Waals surface area (Å²) in [5.41, 5.74) is 0.860. The highest BCUT2D eigenvalue weighted by atomic mass is 35.5. The third-order valence-corrected chi connectivity index (χ3v) is 5.15. The lowest BCUT2D eigenvalue weighted by Gasteiger charge is -2.11. The maximum atomic E-state index is 13.7. The Morgan fingerprint density at radius 3 is 2.47 bits per heavy atom. The number of halogens is 2. The van der Waals surface area contributed by atoms with Gasteiger partial charge in [-0.25, -0.2) is 9.18 Å². The lowest BCUT2D eigenvalue weighted by molar-refractivity contribution is 0.259. The third-order valence-electron chi connectivity index (χ3n) is 4.51. The van der Waals surface area contributed by atoms with Crippen LogP contribution in [0, 0.1) is 5.82 Å². The first kappa shape index (κ1) is 25.9. The van der Waals surface area contributed by atoms with Crippen molar-refractivity contribution < 1.29 is 13.9 Å². The van der Waals surface area contributed by atoms with Gasteiger partial charge in [0.05, 0.1) is 18.0 Å². The van der Waals surface area contributed by atoms with Crippen molar-refractivity contribution in [3.05, 3.63) is 53.3 Å². The Bertz CT molecular complexity index is 917. The summed E-state index contributed by atoms with van der Waals surface area (Å²) in [5, 5.41) is 9.24. The summed E-state index contributed by atoms with van der Waals surface area (Å²) in [6.07, 6.45) is 6.25. The van der Waals surface area contributed by atoms with Crippen molar-refractivity contribution in [2.24, 2.45) is 4.36 Å². The summed E-state index contributed by atoms with van der Waals surface area (Å²) in [6, 6.07) is 11.0. The van der Waals surface area contributed by atoms with Gasteiger partial charge in [-0.1, -0.05) is 49.4 Å². The number of para-hydroxylation sites is 2. The first-order valence-corrected chi connectivity index (χ1v) is 11.5. The van der Waals surface area contributed by atoms with E-state index in [2.05, 4.69) is 32.7 Å². The lowest BCUT2D eigenvalue weighted by Crippen LogP contribution is -2.29. The highest BCUT2D eigenvalue weighted by molar-refractivity contribution is 7.80. The number of thiocarbonyl (C=S) groups is 1. The predicted molar refractivity (Wildman–Crippen MR) is 134 cm³/mol. The Hall–Kier alpha value is -2.36. The highest BCUT2D eigenvalue weighted by Gasteiger charge is 2.06. The van der Waals surface area contributed by atoms with E-state index in [0.717, 1.165) is 45.1 Å². The monoisotopic (exact) mass is 496 g/mol. The summed E-state index contributed by atoms with van der Waals surface area (Å²) < 4.78 is 22.7. The van der Waals surface area contributed by atoms with E-state index < -0.39 is 11.8 Å². The van der Waals surface area contributed by atoms with Crippen molar-refractivity contribution in [1.82, 2.24) is 5.32 Å². The van der Waals surface area contributed by atoms with Gasteiger partial charge in [-0.2, -0.15) is 0 Å². The SMILES string of the molecule is O=C(N=S)Nc1ccccc1OCCCCCCCCNC(=S)Nc1ccc(Cl)cc1F. The number of benzene rings is 2. The van der Waals surface area contributed by atoms with Crippen LogP contribution in [-0.4, -0.2) is 24.3 Å². The molecule has 6 nitrogen and oxygen atoms in total. The average Bonchev–Trinajstić information content (AvgIpc) is 2.78. The largest absolute Gasteiger partial charge is 0.491 e. The van der Waals surface area contributed by atoms with Crippen LogP contribution < -0.4 is 20.7 Å². The minimum absolute atomic E-state index is 0.300. The summed E-state index contributed by atoms with van der Waals surface area (Å²) in [5.74, 6) is 0.166. The van der Waals surface area contributed by atoms with E-state index in [9.17, 15) is 9.18 Å². The van der Waals surface area contributed by atoms with Gasteiger partial charge in [0, 0.05) is 24.0 Å².